The van der Waals surface area contributed by atoms with Crippen molar-refractivity contribution in [2.24, 2.45) is 11.8 Å². The van der Waals surface area contributed by atoms with Crippen molar-refractivity contribution in [2.75, 3.05) is 38.1 Å². The molecule has 4 rings (SSSR count). The van der Waals surface area contributed by atoms with Gasteiger partial charge < -0.3 is 9.80 Å². The number of aromatic nitrogens is 1. The van der Waals surface area contributed by atoms with Crippen molar-refractivity contribution in [3.63, 3.8) is 0 Å². The molecule has 2 saturated heterocycles. The predicted octanol–water partition coefficient (Wildman–Crippen LogP) is 2.75. The third-order valence-corrected chi connectivity index (χ3v) is 4.85. The third kappa shape index (κ3) is 2.42. The summed E-state index contributed by atoms with van der Waals surface area (Å²) >= 11 is 0. The average molecular weight is 279 g/mol. The summed E-state index contributed by atoms with van der Waals surface area (Å²) in [5, 5.41) is 0. The number of nitrogens with zero attached hydrogens (tertiary/aromatic N) is 3. The van der Waals surface area contributed by atoms with Gasteiger partial charge in [0.05, 0.1) is 0 Å². The SMILES string of the molecule is CN1CC2CN(c3ccc(-c4ccccc4)cn3)CC2C1. The van der Waals surface area contributed by atoms with Gasteiger partial charge in [-0.1, -0.05) is 30.3 Å². The lowest BCUT2D eigenvalue weighted by atomic mass is 10.0. The zero-order valence-corrected chi connectivity index (χ0v) is 12.4. The van der Waals surface area contributed by atoms with E-state index in [0.29, 0.717) is 0 Å². The minimum absolute atomic E-state index is 0.825. The van der Waals surface area contributed by atoms with Crippen LogP contribution in [0.1, 0.15) is 0 Å². The van der Waals surface area contributed by atoms with E-state index in [0.717, 1.165) is 30.7 Å². The minimum Gasteiger partial charge on any atom is -0.356 e. The van der Waals surface area contributed by atoms with Gasteiger partial charge in [0.2, 0.25) is 0 Å². The molecule has 0 spiro atoms. The van der Waals surface area contributed by atoms with Crippen LogP contribution in [0, 0.1) is 11.8 Å². The summed E-state index contributed by atoms with van der Waals surface area (Å²) in [6.45, 7) is 4.80. The number of hydrogen-bond acceptors (Lipinski definition) is 3. The number of rotatable bonds is 2. The van der Waals surface area contributed by atoms with Crippen LogP contribution in [-0.4, -0.2) is 43.1 Å². The Morgan fingerprint density at radius 1 is 0.857 bits per heavy atom. The van der Waals surface area contributed by atoms with Crippen LogP contribution in [0.25, 0.3) is 11.1 Å². The topological polar surface area (TPSA) is 19.4 Å². The highest BCUT2D eigenvalue weighted by molar-refractivity contribution is 5.63. The van der Waals surface area contributed by atoms with Gasteiger partial charge in [-0.2, -0.15) is 0 Å². The number of pyridine rings is 1. The third-order valence-electron chi connectivity index (χ3n) is 4.85. The van der Waals surface area contributed by atoms with Crippen LogP contribution in [0.3, 0.4) is 0 Å². The Balaban J connectivity index is 1.50. The number of benzene rings is 1. The zero-order valence-electron chi connectivity index (χ0n) is 12.4. The lowest BCUT2D eigenvalue weighted by molar-refractivity contribution is 0.387. The molecule has 2 unspecified atom stereocenters. The van der Waals surface area contributed by atoms with E-state index in [1.54, 1.807) is 0 Å². The second kappa shape index (κ2) is 5.15. The Labute approximate surface area is 126 Å². The first-order chi connectivity index (χ1) is 10.3. The van der Waals surface area contributed by atoms with Crippen molar-refractivity contribution in [3.8, 4) is 11.1 Å². The average Bonchev–Trinajstić information content (AvgIpc) is 3.06. The van der Waals surface area contributed by atoms with Crippen molar-refractivity contribution in [2.45, 2.75) is 0 Å². The second-order valence-electron chi connectivity index (χ2n) is 6.42. The minimum atomic E-state index is 0.825. The highest BCUT2D eigenvalue weighted by Crippen LogP contribution is 2.32. The molecule has 0 bridgehead atoms. The van der Waals surface area contributed by atoms with Crippen LogP contribution in [-0.2, 0) is 0 Å². The maximum atomic E-state index is 4.70. The van der Waals surface area contributed by atoms with E-state index in [-0.39, 0.29) is 0 Å². The van der Waals surface area contributed by atoms with Crippen LogP contribution in [0.4, 0.5) is 5.82 Å². The fourth-order valence-electron chi connectivity index (χ4n) is 3.79. The van der Waals surface area contributed by atoms with Gasteiger partial charge in [-0.25, -0.2) is 4.98 Å². The highest BCUT2D eigenvalue weighted by Gasteiger charge is 2.38. The Morgan fingerprint density at radius 3 is 2.19 bits per heavy atom. The van der Waals surface area contributed by atoms with Crippen LogP contribution in [0.15, 0.2) is 48.7 Å². The first kappa shape index (κ1) is 12.8. The number of hydrogen-bond donors (Lipinski definition) is 0. The Morgan fingerprint density at radius 2 is 1.57 bits per heavy atom. The lowest BCUT2D eigenvalue weighted by Crippen LogP contribution is -2.27. The molecule has 0 aliphatic carbocycles. The summed E-state index contributed by atoms with van der Waals surface area (Å²) in [6, 6.07) is 14.8. The molecule has 3 heterocycles. The van der Waals surface area contributed by atoms with Crippen molar-refractivity contribution < 1.29 is 0 Å². The predicted molar refractivity (Wildman–Crippen MR) is 86.4 cm³/mol. The molecule has 0 N–H and O–H groups in total. The van der Waals surface area contributed by atoms with Crippen LogP contribution >= 0.6 is 0 Å². The molecule has 108 valence electrons. The van der Waals surface area contributed by atoms with E-state index in [9.17, 15) is 0 Å². The summed E-state index contributed by atoms with van der Waals surface area (Å²) in [4.78, 5) is 9.61. The lowest BCUT2D eigenvalue weighted by Gasteiger charge is -2.20. The molecule has 0 radical (unpaired) electrons. The fraction of sp³-hybridized carbons (Fsp3) is 0.389. The van der Waals surface area contributed by atoms with E-state index in [1.807, 2.05) is 12.3 Å². The number of likely N-dealkylation sites (tertiary alicyclic amines) is 1. The van der Waals surface area contributed by atoms with E-state index in [4.69, 9.17) is 4.98 Å². The largest absolute Gasteiger partial charge is 0.356 e. The first-order valence-corrected chi connectivity index (χ1v) is 7.74. The zero-order chi connectivity index (χ0) is 14.2. The summed E-state index contributed by atoms with van der Waals surface area (Å²) < 4.78 is 0. The summed E-state index contributed by atoms with van der Waals surface area (Å²) in [6.07, 6.45) is 2.00. The Kier molecular flexibility index (Phi) is 3.15. The summed E-state index contributed by atoms with van der Waals surface area (Å²) in [5.74, 6) is 2.78. The van der Waals surface area contributed by atoms with Crippen molar-refractivity contribution in [3.05, 3.63) is 48.7 Å². The number of anilines is 1. The molecule has 2 atom stereocenters. The van der Waals surface area contributed by atoms with Gasteiger partial charge in [-0.3, -0.25) is 0 Å². The molecule has 2 aromatic rings. The maximum Gasteiger partial charge on any atom is 0.128 e. The van der Waals surface area contributed by atoms with Crippen LogP contribution in [0.2, 0.25) is 0 Å². The van der Waals surface area contributed by atoms with Gasteiger partial charge in [0.1, 0.15) is 5.82 Å². The van der Waals surface area contributed by atoms with E-state index >= 15 is 0 Å². The van der Waals surface area contributed by atoms with Crippen LogP contribution in [0.5, 0.6) is 0 Å². The smallest absolute Gasteiger partial charge is 0.128 e. The molecule has 0 amide bonds. The van der Waals surface area contributed by atoms with Crippen molar-refractivity contribution >= 4 is 5.82 Å². The Hall–Kier alpha value is -1.87. The Bertz CT molecular complexity index is 594. The van der Waals surface area contributed by atoms with E-state index < -0.39 is 0 Å². The fourth-order valence-corrected chi connectivity index (χ4v) is 3.79. The quantitative estimate of drug-likeness (QED) is 0.842. The number of fused-ring (bicyclic) bond motifs is 1. The van der Waals surface area contributed by atoms with Gasteiger partial charge in [0, 0.05) is 37.9 Å². The molecule has 2 fully saturated rings. The second-order valence-corrected chi connectivity index (χ2v) is 6.42. The molecule has 21 heavy (non-hydrogen) atoms. The normalized spacial score (nSPS) is 25.3. The van der Waals surface area contributed by atoms with Gasteiger partial charge in [0.15, 0.2) is 0 Å². The molecular weight excluding hydrogens is 258 g/mol. The van der Waals surface area contributed by atoms with Crippen molar-refractivity contribution in [1.82, 2.24) is 9.88 Å². The standard InChI is InChI=1S/C18H21N3/c1-20-10-16-12-21(13-17(16)11-20)18-8-7-15(9-19-18)14-5-3-2-4-6-14/h2-9,16-17H,10-13H2,1H3. The molecule has 3 nitrogen and oxygen atoms in total. The monoisotopic (exact) mass is 279 g/mol. The van der Waals surface area contributed by atoms with E-state index in [1.165, 1.54) is 24.2 Å². The van der Waals surface area contributed by atoms with Crippen LogP contribution < -0.4 is 4.90 Å². The molecule has 0 saturated carbocycles. The van der Waals surface area contributed by atoms with Gasteiger partial charge in [0.25, 0.3) is 0 Å². The van der Waals surface area contributed by atoms with Gasteiger partial charge in [-0.15, -0.1) is 0 Å². The first-order valence-electron chi connectivity index (χ1n) is 7.74. The summed E-state index contributed by atoms with van der Waals surface area (Å²) in [5.41, 5.74) is 2.43. The molecule has 1 aromatic heterocycles. The summed E-state index contributed by atoms with van der Waals surface area (Å²) in [7, 11) is 2.23. The highest BCUT2D eigenvalue weighted by atomic mass is 15.3. The molecule has 3 heteroatoms. The van der Waals surface area contributed by atoms with E-state index in [2.05, 4.69) is 53.2 Å². The molecular formula is C18H21N3. The maximum absolute atomic E-state index is 4.70. The molecule has 2 aliphatic heterocycles. The van der Waals surface area contributed by atoms with Gasteiger partial charge >= 0.3 is 0 Å². The molecule has 1 aromatic carbocycles. The van der Waals surface area contributed by atoms with Crippen molar-refractivity contribution in [1.29, 1.82) is 0 Å². The molecule has 2 aliphatic rings. The van der Waals surface area contributed by atoms with Gasteiger partial charge in [-0.05, 0) is 36.6 Å².